The van der Waals surface area contributed by atoms with E-state index < -0.39 is 254 Å². The number of aromatic nitrogens is 10. The summed E-state index contributed by atoms with van der Waals surface area (Å²) in [6, 6.07) is 0. The van der Waals surface area contributed by atoms with Crippen LogP contribution in [0.3, 0.4) is 0 Å². The highest BCUT2D eigenvalue weighted by molar-refractivity contribution is 8.32. The number of aromatic amines is 4. The maximum Gasteiger partial charge on any atom is 0.351 e. The second kappa shape index (κ2) is 33.5. The Morgan fingerprint density at radius 1 is 0.549 bits per heavy atom. The zero-order chi connectivity index (χ0) is 82.3. The maximum absolute atomic E-state index is 14.8. The Morgan fingerprint density at radius 2 is 0.991 bits per heavy atom. The van der Waals surface area contributed by atoms with Crippen LogP contribution in [0, 0.1) is 34.6 Å². The molecule has 626 valence electrons. The van der Waals surface area contributed by atoms with Gasteiger partial charge in [-0.05, 0) is 48.5 Å². The van der Waals surface area contributed by atoms with Gasteiger partial charge in [0, 0.05) is 85.9 Å². The Morgan fingerprint density at radius 3 is 1.51 bits per heavy atom. The number of methoxy groups -OCH3 is 1. The van der Waals surface area contributed by atoms with Gasteiger partial charge in [-0.2, -0.15) is 4.98 Å². The molecular formula is C58H75N11O36P5S3-5. The standard InChI is InChI=1S/C58H80N11O36P5S3/c1-24-14-68(52(75)60-44(24)59)50-40-42(57(22-70,99-50)29(6)94-40)105-110(86,113)93-23-58-30(7)95-41(51(100-58)69-18-28(5)48(74)64-56(69)79)43(58)104-107(82,83)91-21-35-38(39(89-11-10-87-8)49(98-35)67-17-27(4)47(73)63-55(67)78)103-106(80,81)90-19-33-32(13-37(96-33)66-16-26(3)46(72)62-54(66)77)102-109(85,112)92-20-34-31(101-108(84,111)88-9)12-36(97-34)65-15-25(2)45(71)61-53(65)76/h14-18,29-43,49-51,70H,10-13,19-23H2,1-9H3,(H,80,81)(H,82,83)(H,84,111)(H,85,112)(H,86,113)(H2,59,60,75)(H,61,71,76)(H,62,72,77)(H,63,73,78)(H,64,74,79)/p-5/t29-,30-,31?,32?,33+,34+,35+,36+,37+,38?,39-,40-,41-,42?,43?,49+,50+,51+,57-,58-,108?,109?,110?/m0/s1. The molecule has 7 saturated heterocycles. The normalized spacial score (nSPS) is 33.3. The number of hydrogen-bond acceptors (Lipinski definition) is 41. The Hall–Kier alpha value is -5.22. The summed E-state index contributed by atoms with van der Waals surface area (Å²) in [4.78, 5) is 186. The fourth-order valence-electron chi connectivity index (χ4n) is 13.8. The van der Waals surface area contributed by atoms with Gasteiger partial charge >= 0.3 is 28.4 Å². The van der Waals surface area contributed by atoms with Gasteiger partial charge in [0.15, 0.2) is 25.5 Å². The Kier molecular flexibility index (Phi) is 25.8. The van der Waals surface area contributed by atoms with Crippen LogP contribution in [0.5, 0.6) is 0 Å². The number of anilines is 1. The lowest BCUT2D eigenvalue weighted by molar-refractivity contribution is -0.246. The summed E-state index contributed by atoms with van der Waals surface area (Å²) in [5.41, 5.74) is -6.55. The predicted molar refractivity (Wildman–Crippen MR) is 380 cm³/mol. The molecule has 0 aromatic carbocycles. The lowest BCUT2D eigenvalue weighted by Crippen LogP contribution is -2.52. The summed E-state index contributed by atoms with van der Waals surface area (Å²) in [6.07, 6.45) is -24.5. The smallest absolute Gasteiger partial charge is 0.351 e. The van der Waals surface area contributed by atoms with Crippen LogP contribution in [-0.4, -0.2) is 204 Å². The molecule has 4 bridgehead atoms. The van der Waals surface area contributed by atoms with Gasteiger partial charge in [-0.25, -0.2) is 24.0 Å². The fraction of sp³-hybridized carbons (Fsp3) is 0.655. The van der Waals surface area contributed by atoms with E-state index in [0.717, 1.165) is 48.5 Å². The molecule has 55 heteroatoms. The van der Waals surface area contributed by atoms with Crippen molar-refractivity contribution in [2.24, 2.45) is 0 Å². The summed E-state index contributed by atoms with van der Waals surface area (Å²) in [5, 5.41) is 10.9. The highest BCUT2D eigenvalue weighted by Gasteiger charge is 2.70. The number of hydrogen-bond donors (Lipinski definition) is 6. The van der Waals surface area contributed by atoms with Crippen molar-refractivity contribution >= 4 is 77.6 Å². The minimum atomic E-state index is -6.09. The number of nitrogen functional groups attached to an aromatic ring is 1. The summed E-state index contributed by atoms with van der Waals surface area (Å²) >= 11 is 15.7. The Bertz CT molecular complexity index is 5290. The molecule has 12 heterocycles. The van der Waals surface area contributed by atoms with E-state index in [1.54, 1.807) is 6.92 Å². The number of aliphatic hydroxyl groups is 1. The van der Waals surface area contributed by atoms with E-state index in [9.17, 15) is 81.5 Å². The molecule has 7 fully saturated rings. The van der Waals surface area contributed by atoms with Crippen LogP contribution < -0.4 is 76.0 Å². The number of aryl methyl sites for hydroxylation is 5. The van der Waals surface area contributed by atoms with Crippen LogP contribution in [0.1, 0.15) is 85.6 Å². The monoisotopic (exact) mass is 1750 g/mol. The third kappa shape index (κ3) is 18.2. The van der Waals surface area contributed by atoms with Crippen LogP contribution in [0.2, 0.25) is 0 Å². The molecule has 113 heavy (non-hydrogen) atoms. The van der Waals surface area contributed by atoms with Crippen molar-refractivity contribution in [1.29, 1.82) is 0 Å². The van der Waals surface area contributed by atoms with Gasteiger partial charge in [-0.3, -0.25) is 75.6 Å². The number of fused-ring (bicyclic) bond motifs is 4. The summed E-state index contributed by atoms with van der Waals surface area (Å²) in [7, 11) is -9.91. The molecule has 5 aromatic heterocycles. The van der Waals surface area contributed by atoms with Crippen LogP contribution in [0.15, 0.2) is 74.1 Å². The van der Waals surface area contributed by atoms with E-state index in [4.69, 9.17) is 129 Å². The number of nitrogens with two attached hydrogens (primary N) is 1. The highest BCUT2D eigenvalue weighted by Crippen LogP contribution is 2.60. The molecule has 7 N–H and O–H groups in total. The van der Waals surface area contributed by atoms with Crippen LogP contribution in [0.25, 0.3) is 0 Å². The fourth-order valence-corrected chi connectivity index (χ4v) is 19.6. The van der Waals surface area contributed by atoms with Gasteiger partial charge in [-0.1, -0.05) is 23.6 Å². The van der Waals surface area contributed by atoms with Gasteiger partial charge in [0.05, 0.1) is 70.7 Å². The topological polar surface area (TPSA) is 619 Å². The van der Waals surface area contributed by atoms with Gasteiger partial charge in [-0.15, -0.1) is 0 Å². The average Bonchev–Trinajstić information content (AvgIpc) is 1.55. The van der Waals surface area contributed by atoms with Gasteiger partial charge in [0.1, 0.15) is 97.8 Å². The van der Waals surface area contributed by atoms with Crippen molar-refractivity contribution < 1.29 is 126 Å². The Balaban J connectivity index is 0.808. The number of aliphatic hydroxyl groups excluding tert-OH is 1. The number of nitrogens with one attached hydrogen (secondary N) is 4. The third-order valence-corrected chi connectivity index (χ3v) is 26.4. The van der Waals surface area contributed by atoms with E-state index in [0.29, 0.717) is 5.56 Å². The molecule has 12 rings (SSSR count). The number of phosphoric ester groups is 2. The van der Waals surface area contributed by atoms with Gasteiger partial charge < -0.3 is 131 Å². The zero-order valence-electron chi connectivity index (χ0n) is 60.6. The lowest BCUT2D eigenvalue weighted by Gasteiger charge is -2.41. The van der Waals surface area contributed by atoms with E-state index >= 15 is 0 Å². The second-order valence-corrected chi connectivity index (χ2v) is 38.0. The number of H-pyrrole nitrogens is 4. The lowest BCUT2D eigenvalue weighted by atomic mass is 9.94. The van der Waals surface area contributed by atoms with E-state index in [1.165, 1.54) is 61.0 Å². The molecule has 5 aromatic rings. The average molecular weight is 1750 g/mol. The third-order valence-electron chi connectivity index (χ3n) is 19.7. The van der Waals surface area contributed by atoms with E-state index in [-0.39, 0.29) is 41.1 Å². The minimum Gasteiger partial charge on any atom is -0.780 e. The van der Waals surface area contributed by atoms with Crippen LogP contribution >= 0.6 is 35.9 Å². The predicted octanol–water partition coefficient (Wildman–Crippen LogP) is -4.43. The van der Waals surface area contributed by atoms with Crippen LogP contribution in [-0.2, 0) is 137 Å². The van der Waals surface area contributed by atoms with Crippen molar-refractivity contribution in [1.82, 2.24) is 47.8 Å². The van der Waals surface area contributed by atoms with Crippen molar-refractivity contribution in [2.45, 2.75) is 183 Å². The molecule has 25 atom stereocenters. The number of phosphoric acid groups is 2. The Labute approximate surface area is 650 Å². The first kappa shape index (κ1) is 87.1. The molecule has 0 spiro atoms. The second-order valence-electron chi connectivity index (χ2n) is 27.1. The van der Waals surface area contributed by atoms with Crippen molar-refractivity contribution in [3.8, 4) is 0 Å². The molecular weight excluding hydrogens is 1680 g/mol. The molecule has 10 unspecified atom stereocenters. The summed E-state index contributed by atoms with van der Waals surface area (Å²) < 4.78 is 159. The van der Waals surface area contributed by atoms with Crippen molar-refractivity contribution in [3.63, 3.8) is 0 Å². The summed E-state index contributed by atoms with van der Waals surface area (Å²) in [5.74, 6) is -0.0991. The van der Waals surface area contributed by atoms with Gasteiger partial charge in [0.25, 0.3) is 37.9 Å². The zero-order valence-corrected chi connectivity index (χ0v) is 67.5. The maximum atomic E-state index is 14.8. The SMILES string of the molecule is COCCO[C@H]1C(OP(=O)([O-])OC[C@H]2O[C@@H](n3cc(C)c(=O)[nH]c3=O)CC2OP(=O)([S-])OC[C@H]2O[C@@H](n3cc(C)c(=O)[nH]c3=O)CC2OP([O-])(=S)OC)[C@@H](COP(=O)([O-])OC2[C@@H]3O[C@@H](C)[C@]2(COP([O-])(=S)OC2[C@@H]4O[C@@H](C)[C@]2(CO)O[C@H]4n2cc(C)c(N)nc2=O)O[C@H]3n2cc(C)c(=O)[nH]c2=O)O[C@H]1n1cc(C)c(=O)[nH]c1=O. The molecule has 47 nitrogen and oxygen atoms in total. The quantitative estimate of drug-likeness (QED) is 0.0131. The van der Waals surface area contributed by atoms with E-state index in [2.05, 4.69) is 24.9 Å². The first-order chi connectivity index (χ1) is 52.9. The van der Waals surface area contributed by atoms with Crippen LogP contribution in [0.4, 0.5) is 5.82 Å². The number of nitrogens with zero attached hydrogens (tertiary/aromatic N) is 6. The van der Waals surface area contributed by atoms with Crippen molar-refractivity contribution in [2.75, 3.05) is 66.2 Å². The molecule has 7 aliphatic rings. The van der Waals surface area contributed by atoms with Gasteiger partial charge in [0.2, 0.25) is 0 Å². The van der Waals surface area contributed by atoms with E-state index in [1.807, 2.05) is 0 Å². The largest absolute Gasteiger partial charge is 0.780 e. The molecule has 0 saturated carbocycles. The molecule has 0 radical (unpaired) electrons. The molecule has 0 aliphatic carbocycles. The number of rotatable bonds is 33. The minimum absolute atomic E-state index is 0.0263. The first-order valence-electron chi connectivity index (χ1n) is 34.0. The first-order valence-corrected chi connectivity index (χ1v) is 44.6. The molecule has 0 amide bonds. The van der Waals surface area contributed by atoms with Crippen molar-refractivity contribution in [3.05, 3.63) is 153 Å². The number of ether oxygens (including phenoxy) is 9. The summed E-state index contributed by atoms with van der Waals surface area (Å²) in [6.45, 7) is -10.7. The highest BCUT2D eigenvalue weighted by atomic mass is 32.7. The molecule has 7 aliphatic heterocycles.